The molecule has 33 heavy (non-hydrogen) atoms. The number of thioether (sulfide) groups is 1. The first kappa shape index (κ1) is 23.2. The van der Waals surface area contributed by atoms with Crippen LogP contribution in [0.3, 0.4) is 0 Å². The van der Waals surface area contributed by atoms with E-state index in [0.29, 0.717) is 59.0 Å². The number of rotatable bonds is 4. The van der Waals surface area contributed by atoms with Crippen LogP contribution in [0.4, 0.5) is 5.82 Å². The Morgan fingerprint density at radius 2 is 1.85 bits per heavy atom. The average molecular weight is 481 g/mol. The van der Waals surface area contributed by atoms with Crippen LogP contribution >= 0.6 is 24.0 Å². The van der Waals surface area contributed by atoms with Crippen LogP contribution in [-0.4, -0.2) is 46.0 Å². The van der Waals surface area contributed by atoms with Crippen LogP contribution in [0.1, 0.15) is 27.8 Å². The molecule has 0 saturated carbocycles. The molecule has 7 nitrogen and oxygen atoms in total. The normalized spacial score (nSPS) is 17.7. The summed E-state index contributed by atoms with van der Waals surface area (Å²) >= 11 is 6.76. The van der Waals surface area contributed by atoms with Gasteiger partial charge in [-0.25, -0.2) is 0 Å². The van der Waals surface area contributed by atoms with Gasteiger partial charge in [-0.1, -0.05) is 53.8 Å². The highest BCUT2D eigenvalue weighted by Crippen LogP contribution is 2.36. The molecule has 0 N–H and O–H groups in total. The van der Waals surface area contributed by atoms with Crippen molar-refractivity contribution < 1.29 is 9.53 Å². The number of aromatic nitrogens is 1. The summed E-state index contributed by atoms with van der Waals surface area (Å²) in [7, 11) is 1.66. The van der Waals surface area contributed by atoms with Crippen molar-refractivity contribution in [3.63, 3.8) is 0 Å². The van der Waals surface area contributed by atoms with E-state index in [0.717, 1.165) is 11.1 Å². The van der Waals surface area contributed by atoms with Crippen molar-refractivity contribution in [2.24, 2.45) is 7.05 Å². The van der Waals surface area contributed by atoms with Gasteiger partial charge >= 0.3 is 0 Å². The summed E-state index contributed by atoms with van der Waals surface area (Å²) in [6, 6.07) is 10.0. The highest BCUT2D eigenvalue weighted by molar-refractivity contribution is 8.26. The molecule has 3 heterocycles. The summed E-state index contributed by atoms with van der Waals surface area (Å²) in [6.07, 6.45) is 1.77. The van der Waals surface area contributed by atoms with Gasteiger partial charge in [0.15, 0.2) is 0 Å². The van der Waals surface area contributed by atoms with Gasteiger partial charge in [0.05, 0.1) is 24.7 Å². The van der Waals surface area contributed by atoms with E-state index in [1.54, 1.807) is 24.9 Å². The third-order valence-electron chi connectivity index (χ3n) is 5.89. The summed E-state index contributed by atoms with van der Waals surface area (Å²) in [5.74, 6) is 0.508. The monoisotopic (exact) mass is 480 g/mol. The van der Waals surface area contributed by atoms with Crippen molar-refractivity contribution in [1.29, 1.82) is 5.26 Å². The van der Waals surface area contributed by atoms with Gasteiger partial charge in [0.2, 0.25) is 0 Å². The number of carbonyl (C=O) groups excluding carboxylic acids is 1. The molecule has 2 aliphatic heterocycles. The zero-order valence-electron chi connectivity index (χ0n) is 18.8. The standard InChI is InChI=1S/C24H24N4O3S2/c1-15-4-6-17(7-5-15)14-28-23(30)20(33-24(28)32)12-18-16(2)19(13-25)22(29)26(3)21(18)27-8-10-31-11-9-27/h4-7,12H,8-11,14H2,1-3H3. The predicted octanol–water partition coefficient (Wildman–Crippen LogP) is 3.11. The van der Waals surface area contributed by atoms with Gasteiger partial charge in [-0.15, -0.1) is 0 Å². The van der Waals surface area contributed by atoms with Crippen molar-refractivity contribution >= 4 is 46.1 Å². The van der Waals surface area contributed by atoms with Crippen molar-refractivity contribution in [2.75, 3.05) is 31.2 Å². The number of anilines is 1. The molecule has 0 bridgehead atoms. The van der Waals surface area contributed by atoms with Gasteiger partial charge in [-0.3, -0.25) is 19.1 Å². The number of amides is 1. The number of hydrogen-bond donors (Lipinski definition) is 0. The Morgan fingerprint density at radius 1 is 1.18 bits per heavy atom. The van der Waals surface area contributed by atoms with E-state index in [1.807, 2.05) is 37.3 Å². The molecule has 2 fully saturated rings. The minimum atomic E-state index is -0.347. The Bertz CT molecular complexity index is 1250. The van der Waals surface area contributed by atoms with E-state index in [9.17, 15) is 14.9 Å². The third kappa shape index (κ3) is 4.47. The highest BCUT2D eigenvalue weighted by atomic mass is 32.2. The summed E-state index contributed by atoms with van der Waals surface area (Å²) in [4.78, 5) is 30.2. The van der Waals surface area contributed by atoms with Crippen LogP contribution in [0.15, 0.2) is 34.0 Å². The number of aryl methyl sites for hydroxylation is 1. The summed E-state index contributed by atoms with van der Waals surface area (Å²) in [5, 5.41) is 9.61. The quantitative estimate of drug-likeness (QED) is 0.491. The summed E-state index contributed by atoms with van der Waals surface area (Å²) in [5.41, 5.74) is 3.13. The molecule has 1 aromatic carbocycles. The third-order valence-corrected chi connectivity index (χ3v) is 7.27. The second-order valence-corrected chi connectivity index (χ2v) is 9.74. The Morgan fingerprint density at radius 3 is 2.48 bits per heavy atom. The van der Waals surface area contributed by atoms with E-state index >= 15 is 0 Å². The lowest BCUT2D eigenvalue weighted by Gasteiger charge is -2.32. The fourth-order valence-corrected chi connectivity index (χ4v) is 5.25. The number of ether oxygens (including phenoxy) is 1. The van der Waals surface area contributed by atoms with E-state index in [2.05, 4.69) is 4.90 Å². The number of carbonyl (C=O) groups is 1. The minimum Gasteiger partial charge on any atom is -0.378 e. The molecule has 9 heteroatoms. The molecule has 0 aliphatic carbocycles. The Kier molecular flexibility index (Phi) is 6.70. The number of pyridine rings is 1. The van der Waals surface area contributed by atoms with Crippen LogP contribution in [-0.2, 0) is 23.1 Å². The lowest BCUT2D eigenvalue weighted by Crippen LogP contribution is -2.40. The summed E-state index contributed by atoms with van der Waals surface area (Å²) < 4.78 is 7.45. The number of nitrogens with zero attached hydrogens (tertiary/aromatic N) is 4. The maximum absolute atomic E-state index is 13.3. The van der Waals surface area contributed by atoms with E-state index in [4.69, 9.17) is 17.0 Å². The van der Waals surface area contributed by atoms with Crippen LogP contribution in [0.25, 0.3) is 6.08 Å². The first-order valence-electron chi connectivity index (χ1n) is 10.6. The molecule has 170 valence electrons. The largest absolute Gasteiger partial charge is 0.378 e. The Labute approximate surface area is 202 Å². The molecule has 2 saturated heterocycles. The molecular weight excluding hydrogens is 456 g/mol. The van der Waals surface area contributed by atoms with Crippen LogP contribution in [0.2, 0.25) is 0 Å². The predicted molar refractivity (Wildman–Crippen MR) is 134 cm³/mol. The maximum atomic E-state index is 13.3. The molecule has 0 unspecified atom stereocenters. The average Bonchev–Trinajstić information content (AvgIpc) is 3.07. The van der Waals surface area contributed by atoms with Crippen LogP contribution < -0.4 is 10.5 Å². The SMILES string of the molecule is Cc1ccc(CN2C(=O)C(=Cc3c(C)c(C#N)c(=O)n(C)c3N3CCOCC3)SC2=S)cc1. The van der Waals surface area contributed by atoms with Gasteiger partial charge in [0.25, 0.3) is 11.5 Å². The molecule has 1 aromatic heterocycles. The first-order valence-corrected chi connectivity index (χ1v) is 11.8. The maximum Gasteiger partial charge on any atom is 0.270 e. The molecule has 2 aromatic rings. The first-order chi connectivity index (χ1) is 15.8. The van der Waals surface area contributed by atoms with Gasteiger partial charge in [0, 0.05) is 25.7 Å². The molecule has 1 amide bonds. The number of hydrogen-bond acceptors (Lipinski definition) is 7. The molecular formula is C24H24N4O3S2. The zero-order chi connectivity index (χ0) is 23.7. The lowest BCUT2D eigenvalue weighted by molar-refractivity contribution is -0.122. The van der Waals surface area contributed by atoms with Crippen molar-refractivity contribution in [1.82, 2.24) is 9.47 Å². The number of morpholine rings is 1. The minimum absolute atomic E-state index is 0.0795. The van der Waals surface area contributed by atoms with Crippen molar-refractivity contribution in [3.05, 3.63) is 67.3 Å². The van der Waals surface area contributed by atoms with Gasteiger partial charge < -0.3 is 9.64 Å². The van der Waals surface area contributed by atoms with Crippen LogP contribution in [0.5, 0.6) is 0 Å². The van der Waals surface area contributed by atoms with Gasteiger partial charge in [0.1, 0.15) is 21.8 Å². The van der Waals surface area contributed by atoms with E-state index < -0.39 is 0 Å². The number of benzene rings is 1. The van der Waals surface area contributed by atoms with Crippen molar-refractivity contribution in [3.8, 4) is 6.07 Å². The molecule has 0 radical (unpaired) electrons. The molecule has 0 atom stereocenters. The van der Waals surface area contributed by atoms with E-state index in [-0.39, 0.29) is 17.0 Å². The fraction of sp³-hybridized carbons (Fsp3) is 0.333. The van der Waals surface area contributed by atoms with Crippen LogP contribution in [0, 0.1) is 25.2 Å². The molecule has 4 rings (SSSR count). The smallest absolute Gasteiger partial charge is 0.270 e. The van der Waals surface area contributed by atoms with E-state index in [1.165, 1.54) is 16.3 Å². The molecule has 2 aliphatic rings. The van der Waals surface area contributed by atoms with Gasteiger partial charge in [-0.05, 0) is 31.1 Å². The highest BCUT2D eigenvalue weighted by Gasteiger charge is 2.33. The second kappa shape index (κ2) is 9.51. The Hall–Kier alpha value is -2.93. The second-order valence-electron chi connectivity index (χ2n) is 8.07. The lowest BCUT2D eigenvalue weighted by atomic mass is 10.0. The number of nitriles is 1. The van der Waals surface area contributed by atoms with Gasteiger partial charge in [-0.2, -0.15) is 5.26 Å². The van der Waals surface area contributed by atoms with Crippen molar-refractivity contribution in [2.45, 2.75) is 20.4 Å². The topological polar surface area (TPSA) is 78.6 Å². The number of thiocarbonyl (C=S) groups is 1. The zero-order valence-corrected chi connectivity index (χ0v) is 20.4. The molecule has 0 spiro atoms. The summed E-state index contributed by atoms with van der Waals surface area (Å²) in [6.45, 7) is 6.50. The fourth-order valence-electron chi connectivity index (χ4n) is 4.01. The Balaban J connectivity index is 1.76.